The fourth-order valence-corrected chi connectivity index (χ4v) is 7.21. The van der Waals surface area contributed by atoms with Crippen molar-refractivity contribution < 1.29 is 38.4 Å². The van der Waals surface area contributed by atoms with Crippen LogP contribution in [0.15, 0.2) is 23.8 Å². The highest BCUT2D eigenvalue weighted by Gasteiger charge is 2.75. The molecule has 0 aromatic carbocycles. The Balaban J connectivity index is 1.85. The Morgan fingerprint density at radius 2 is 2.00 bits per heavy atom. The maximum Gasteiger partial charge on any atom is 0.190 e. The molecule has 0 heterocycles. The first-order valence-corrected chi connectivity index (χ1v) is 10.4. The first kappa shape index (κ1) is 21.7. The first-order chi connectivity index (χ1) is 14.0. The predicted molar refractivity (Wildman–Crippen MR) is 102 cm³/mol. The molecule has 0 bridgehead atoms. The Bertz CT molecular complexity index is 841. The van der Waals surface area contributed by atoms with Gasteiger partial charge in [0.15, 0.2) is 17.2 Å². The summed E-state index contributed by atoms with van der Waals surface area (Å²) in [5, 5.41) is 30.1. The van der Waals surface area contributed by atoms with Crippen LogP contribution in [0.3, 0.4) is 0 Å². The van der Waals surface area contributed by atoms with Crippen molar-refractivity contribution >= 4 is 11.6 Å². The van der Waals surface area contributed by atoms with Crippen molar-refractivity contribution in [3.05, 3.63) is 23.8 Å². The van der Waals surface area contributed by atoms with Gasteiger partial charge in [0.25, 0.3) is 0 Å². The summed E-state index contributed by atoms with van der Waals surface area (Å²) in [5.41, 5.74) is -6.36. The van der Waals surface area contributed by atoms with E-state index in [1.807, 2.05) is 0 Å². The highest BCUT2D eigenvalue weighted by Crippen LogP contribution is 2.70. The lowest BCUT2D eigenvalue weighted by atomic mass is 9.44. The summed E-state index contributed by atoms with van der Waals surface area (Å²) in [4.78, 5) is 24.6. The van der Waals surface area contributed by atoms with Crippen LogP contribution in [-0.2, 0) is 14.3 Å². The van der Waals surface area contributed by atoms with E-state index in [-0.39, 0.29) is 24.8 Å². The number of alkyl halides is 2. The smallest absolute Gasteiger partial charge is 0.190 e. The van der Waals surface area contributed by atoms with E-state index < -0.39 is 71.2 Å². The van der Waals surface area contributed by atoms with Crippen LogP contribution in [0.4, 0.5) is 8.78 Å². The molecule has 0 saturated heterocycles. The maximum atomic E-state index is 16.9. The van der Waals surface area contributed by atoms with Gasteiger partial charge in [-0.1, -0.05) is 13.0 Å². The van der Waals surface area contributed by atoms with Gasteiger partial charge in [-0.2, -0.15) is 0 Å². The van der Waals surface area contributed by atoms with E-state index in [2.05, 4.69) is 0 Å². The molecule has 5 unspecified atom stereocenters. The van der Waals surface area contributed by atoms with Gasteiger partial charge in [0.05, 0.1) is 6.10 Å². The molecule has 166 valence electrons. The number of aliphatic hydroxyl groups excluding tert-OH is 3. The fourth-order valence-electron chi connectivity index (χ4n) is 7.21. The van der Waals surface area contributed by atoms with Crippen LogP contribution in [0.1, 0.15) is 39.5 Å². The second-order valence-corrected chi connectivity index (χ2v) is 9.58. The second kappa shape index (κ2) is 6.76. The van der Waals surface area contributed by atoms with Gasteiger partial charge in [-0.25, -0.2) is 8.78 Å². The van der Waals surface area contributed by atoms with E-state index in [1.165, 1.54) is 19.1 Å². The number of carbonyl (C=O) groups is 2. The number of hydrogen-bond acceptors (Lipinski definition) is 6. The third-order valence-electron chi connectivity index (χ3n) is 8.65. The van der Waals surface area contributed by atoms with Crippen molar-refractivity contribution in [1.82, 2.24) is 0 Å². The Kier molecular flexibility index (Phi) is 4.90. The number of Topliss-reactive ketones (excluding diaryl/α,β-unsaturated/α-hetero) is 1. The lowest BCUT2D eigenvalue weighted by Crippen LogP contribution is -2.70. The Labute approximate surface area is 173 Å². The van der Waals surface area contributed by atoms with E-state index in [0.29, 0.717) is 6.42 Å². The monoisotopic (exact) mass is 426 g/mol. The summed E-state index contributed by atoms with van der Waals surface area (Å²) in [6, 6.07) is 0. The predicted octanol–water partition coefficient (Wildman–Crippen LogP) is 1.57. The number of fused-ring (bicyclic) bond motifs is 5. The minimum Gasteiger partial charge on any atom is -0.390 e. The lowest BCUT2D eigenvalue weighted by molar-refractivity contribution is -0.239. The van der Waals surface area contributed by atoms with Gasteiger partial charge in [0.1, 0.15) is 25.2 Å². The van der Waals surface area contributed by atoms with Gasteiger partial charge < -0.3 is 20.1 Å². The largest absolute Gasteiger partial charge is 0.390 e. The third kappa shape index (κ3) is 2.36. The highest BCUT2D eigenvalue weighted by atomic mass is 19.1. The molecular weight excluding hydrogens is 398 g/mol. The number of ketones is 2. The van der Waals surface area contributed by atoms with E-state index >= 15 is 8.78 Å². The van der Waals surface area contributed by atoms with Crippen LogP contribution in [0.5, 0.6) is 0 Å². The van der Waals surface area contributed by atoms with E-state index in [0.717, 1.165) is 6.08 Å². The number of carbonyl (C=O) groups excluding carboxylic acids is 2. The summed E-state index contributed by atoms with van der Waals surface area (Å²) in [6.45, 7) is 1.62. The molecule has 0 aliphatic heterocycles. The molecule has 8 atom stereocenters. The fraction of sp³-hybridized carbons (Fsp3) is 0.727. The molecule has 0 aromatic rings. The van der Waals surface area contributed by atoms with Crippen LogP contribution in [0.2, 0.25) is 0 Å². The van der Waals surface area contributed by atoms with E-state index in [1.54, 1.807) is 6.92 Å². The summed E-state index contributed by atoms with van der Waals surface area (Å²) in [7, 11) is 0. The number of rotatable bonds is 4. The minimum absolute atomic E-state index is 0.0405. The Hall–Kier alpha value is -1.48. The van der Waals surface area contributed by atoms with Gasteiger partial charge in [-0.3, -0.25) is 9.59 Å². The lowest BCUT2D eigenvalue weighted by Gasteiger charge is -2.63. The van der Waals surface area contributed by atoms with Gasteiger partial charge in [-0.15, -0.1) is 0 Å². The van der Waals surface area contributed by atoms with Crippen LogP contribution in [0.25, 0.3) is 0 Å². The molecule has 4 aliphatic carbocycles. The normalized spacial score (nSPS) is 49.8. The molecule has 3 N–H and O–H groups in total. The van der Waals surface area contributed by atoms with Gasteiger partial charge >= 0.3 is 0 Å². The summed E-state index contributed by atoms with van der Waals surface area (Å²) >= 11 is 0. The van der Waals surface area contributed by atoms with Crippen molar-refractivity contribution in [3.63, 3.8) is 0 Å². The van der Waals surface area contributed by atoms with Crippen molar-refractivity contribution in [1.29, 1.82) is 0 Å². The van der Waals surface area contributed by atoms with E-state index in [9.17, 15) is 24.9 Å². The minimum atomic E-state index is -2.24. The van der Waals surface area contributed by atoms with Gasteiger partial charge in [0.2, 0.25) is 0 Å². The Morgan fingerprint density at radius 1 is 1.30 bits per heavy atom. The highest BCUT2D eigenvalue weighted by molar-refractivity contribution is 6.01. The maximum absolute atomic E-state index is 16.9. The van der Waals surface area contributed by atoms with Gasteiger partial charge in [0, 0.05) is 16.7 Å². The molecule has 6 nitrogen and oxygen atoms in total. The number of ether oxygens (including phenoxy) is 1. The summed E-state index contributed by atoms with van der Waals surface area (Å²) in [6.07, 6.45) is 0.671. The number of hydrogen-bond donors (Lipinski definition) is 3. The second-order valence-electron chi connectivity index (χ2n) is 9.58. The van der Waals surface area contributed by atoms with Crippen molar-refractivity contribution in [2.75, 3.05) is 13.4 Å². The number of allylic oxidation sites excluding steroid dienone is 4. The average molecular weight is 426 g/mol. The zero-order chi connectivity index (χ0) is 22.1. The molecule has 0 spiro atoms. The van der Waals surface area contributed by atoms with E-state index in [4.69, 9.17) is 4.74 Å². The molecule has 4 rings (SSSR count). The first-order valence-electron chi connectivity index (χ1n) is 10.4. The molecule has 0 amide bonds. The zero-order valence-corrected chi connectivity index (χ0v) is 17.1. The molecule has 4 aliphatic rings. The van der Waals surface area contributed by atoms with Crippen LogP contribution in [0, 0.1) is 22.7 Å². The number of aliphatic hydroxyl groups is 3. The van der Waals surface area contributed by atoms with Crippen LogP contribution >= 0.6 is 0 Å². The van der Waals surface area contributed by atoms with Crippen molar-refractivity contribution in [2.45, 2.75) is 63.1 Å². The SMILES string of the molecule is CC12C=CC(=O)C=C1[C@@H](F)CC1C3CC[C@](OCO)(C(=O)CO)C3(C)CC(O)[C@@]12F. The molecule has 30 heavy (non-hydrogen) atoms. The Morgan fingerprint density at radius 3 is 2.63 bits per heavy atom. The molecule has 3 saturated carbocycles. The molecular formula is C22H28F2O6. The average Bonchev–Trinajstić information content (AvgIpc) is 2.98. The van der Waals surface area contributed by atoms with Crippen LogP contribution < -0.4 is 0 Å². The molecule has 0 radical (unpaired) electrons. The quantitative estimate of drug-likeness (QED) is 0.590. The van der Waals surface area contributed by atoms with Crippen molar-refractivity contribution in [3.8, 4) is 0 Å². The number of halogens is 2. The van der Waals surface area contributed by atoms with Crippen molar-refractivity contribution in [2.24, 2.45) is 22.7 Å². The molecule has 0 aromatic heterocycles. The standard InChI is InChI=1S/C22H28F2O6/c1-19-5-3-12(27)7-15(19)16(23)8-14-13-4-6-21(30-11-26,18(29)10-25)20(13,2)9-17(28)22(14,19)24/h3,5,7,13-14,16-17,25-26,28H,4,6,8-11H2,1-2H3/t13?,14?,16-,17?,19?,20?,21-,22-/m0/s1. The molecule has 8 heteroatoms. The summed E-state index contributed by atoms with van der Waals surface area (Å²) < 4.78 is 37.7. The molecule has 3 fully saturated rings. The topological polar surface area (TPSA) is 104 Å². The van der Waals surface area contributed by atoms with Gasteiger partial charge in [-0.05, 0) is 56.3 Å². The third-order valence-corrected chi connectivity index (χ3v) is 8.65. The summed E-state index contributed by atoms with van der Waals surface area (Å²) in [5.74, 6) is -2.50. The van der Waals surface area contributed by atoms with Crippen LogP contribution in [-0.4, -0.2) is 63.8 Å². The zero-order valence-electron chi connectivity index (χ0n) is 17.1.